The van der Waals surface area contributed by atoms with Crippen molar-refractivity contribution in [3.63, 3.8) is 0 Å². The summed E-state index contributed by atoms with van der Waals surface area (Å²) in [5.74, 6) is 1.84. The first-order chi connectivity index (χ1) is 9.83. The van der Waals surface area contributed by atoms with Gasteiger partial charge in [0.15, 0.2) is 0 Å². The maximum absolute atomic E-state index is 5.70. The van der Waals surface area contributed by atoms with Crippen LogP contribution in [0.4, 0.5) is 5.82 Å². The number of aromatic nitrogens is 2. The first-order valence-corrected chi connectivity index (χ1v) is 7.38. The lowest BCUT2D eigenvalue weighted by atomic mass is 10.1. The molecule has 20 heavy (non-hydrogen) atoms. The van der Waals surface area contributed by atoms with E-state index >= 15 is 0 Å². The Balaban J connectivity index is 1.72. The van der Waals surface area contributed by atoms with Gasteiger partial charge in [-0.2, -0.15) is 0 Å². The summed E-state index contributed by atoms with van der Waals surface area (Å²) in [6.45, 7) is 2.71. The van der Waals surface area contributed by atoms with E-state index in [-0.39, 0.29) is 6.04 Å². The lowest BCUT2D eigenvalue weighted by Crippen LogP contribution is -2.13. The number of rotatable bonds is 2. The number of ether oxygens (including phenoxy) is 1. The molecule has 1 aliphatic rings. The molecule has 1 aromatic carbocycles. The summed E-state index contributed by atoms with van der Waals surface area (Å²) in [5, 5.41) is 5.60. The molecule has 5 heteroatoms. The third-order valence-electron chi connectivity index (χ3n) is 3.54. The summed E-state index contributed by atoms with van der Waals surface area (Å²) >= 11 is 1.68. The van der Waals surface area contributed by atoms with Crippen LogP contribution in [0.15, 0.2) is 36.0 Å². The molecule has 3 heterocycles. The zero-order valence-corrected chi connectivity index (χ0v) is 11.8. The van der Waals surface area contributed by atoms with Crippen LogP contribution >= 0.6 is 11.3 Å². The Morgan fingerprint density at radius 1 is 1.30 bits per heavy atom. The van der Waals surface area contributed by atoms with E-state index in [1.54, 1.807) is 17.7 Å². The summed E-state index contributed by atoms with van der Waals surface area (Å²) in [4.78, 5) is 8.74. The molecule has 0 spiro atoms. The van der Waals surface area contributed by atoms with Gasteiger partial charge in [0.25, 0.3) is 0 Å². The Hall–Kier alpha value is -2.14. The second-order valence-electron chi connectivity index (χ2n) is 4.86. The van der Waals surface area contributed by atoms with Gasteiger partial charge in [-0.05, 0) is 23.9 Å². The number of benzene rings is 1. The molecule has 4 rings (SSSR count). The summed E-state index contributed by atoms with van der Waals surface area (Å²) in [7, 11) is 0. The number of anilines is 1. The third kappa shape index (κ3) is 1.74. The van der Waals surface area contributed by atoms with E-state index in [2.05, 4.69) is 33.7 Å². The predicted octanol–water partition coefficient (Wildman–Crippen LogP) is 3.55. The van der Waals surface area contributed by atoms with Gasteiger partial charge in [0.1, 0.15) is 24.5 Å². The lowest BCUT2D eigenvalue weighted by molar-refractivity contribution is 0.339. The number of hydrogen-bond donors (Lipinski definition) is 1. The minimum atomic E-state index is 0.145. The lowest BCUT2D eigenvalue weighted by Gasteiger charge is -2.12. The van der Waals surface area contributed by atoms with Crippen LogP contribution < -0.4 is 10.1 Å². The first-order valence-electron chi connectivity index (χ1n) is 6.50. The van der Waals surface area contributed by atoms with Crippen molar-refractivity contribution in [2.45, 2.75) is 13.0 Å². The molecule has 100 valence electrons. The van der Waals surface area contributed by atoms with Crippen molar-refractivity contribution >= 4 is 27.4 Å². The van der Waals surface area contributed by atoms with Crippen molar-refractivity contribution in [1.82, 2.24) is 9.97 Å². The fraction of sp³-hybridized carbons (Fsp3) is 0.200. The Kier molecular flexibility index (Phi) is 2.60. The van der Waals surface area contributed by atoms with E-state index in [9.17, 15) is 0 Å². The Bertz CT molecular complexity index is 784. The topological polar surface area (TPSA) is 47.0 Å². The van der Waals surface area contributed by atoms with Crippen LogP contribution in [-0.2, 0) is 0 Å². The van der Waals surface area contributed by atoms with Crippen molar-refractivity contribution in [2.24, 2.45) is 0 Å². The second kappa shape index (κ2) is 4.45. The fourth-order valence-corrected chi connectivity index (χ4v) is 3.47. The average molecular weight is 283 g/mol. The fourth-order valence-electron chi connectivity index (χ4n) is 2.52. The van der Waals surface area contributed by atoms with Crippen LogP contribution in [0.5, 0.6) is 5.75 Å². The van der Waals surface area contributed by atoms with Crippen molar-refractivity contribution < 1.29 is 4.74 Å². The van der Waals surface area contributed by atoms with Gasteiger partial charge in [-0.3, -0.25) is 0 Å². The number of aryl methyl sites for hydroxylation is 1. The summed E-state index contributed by atoms with van der Waals surface area (Å²) < 4.78 is 6.80. The molecule has 4 nitrogen and oxygen atoms in total. The normalized spacial score (nSPS) is 16.9. The molecular formula is C15H13N3OS. The SMILES string of the molecule is Cc1csc2c(NC3COc4ccccc43)ncnc12. The summed E-state index contributed by atoms with van der Waals surface area (Å²) in [5.41, 5.74) is 3.41. The summed E-state index contributed by atoms with van der Waals surface area (Å²) in [6, 6.07) is 8.27. The van der Waals surface area contributed by atoms with Crippen LogP contribution in [-0.4, -0.2) is 16.6 Å². The molecule has 0 saturated heterocycles. The highest BCUT2D eigenvalue weighted by molar-refractivity contribution is 7.18. The molecule has 0 fully saturated rings. The molecule has 1 atom stereocenters. The highest BCUT2D eigenvalue weighted by Gasteiger charge is 2.24. The van der Waals surface area contributed by atoms with Gasteiger partial charge >= 0.3 is 0 Å². The van der Waals surface area contributed by atoms with Crippen molar-refractivity contribution in [3.05, 3.63) is 47.1 Å². The smallest absolute Gasteiger partial charge is 0.148 e. The predicted molar refractivity (Wildman–Crippen MR) is 80.5 cm³/mol. The molecule has 0 radical (unpaired) electrons. The second-order valence-corrected chi connectivity index (χ2v) is 5.74. The molecule has 1 unspecified atom stereocenters. The molecule has 0 saturated carbocycles. The van der Waals surface area contributed by atoms with Gasteiger partial charge in [0.05, 0.1) is 16.3 Å². The minimum Gasteiger partial charge on any atom is -0.491 e. The van der Waals surface area contributed by atoms with E-state index in [0.717, 1.165) is 21.8 Å². The monoisotopic (exact) mass is 283 g/mol. The Labute approximate surface area is 120 Å². The van der Waals surface area contributed by atoms with Crippen LogP contribution in [0.3, 0.4) is 0 Å². The molecule has 2 aromatic heterocycles. The molecule has 0 aliphatic carbocycles. The zero-order valence-electron chi connectivity index (χ0n) is 11.0. The zero-order chi connectivity index (χ0) is 13.5. The third-order valence-corrected chi connectivity index (χ3v) is 4.64. The van der Waals surface area contributed by atoms with Crippen LogP contribution in [0, 0.1) is 6.92 Å². The van der Waals surface area contributed by atoms with Crippen molar-refractivity contribution in [1.29, 1.82) is 0 Å². The van der Waals surface area contributed by atoms with Crippen molar-refractivity contribution in [2.75, 3.05) is 11.9 Å². The van der Waals surface area contributed by atoms with Gasteiger partial charge in [-0.25, -0.2) is 9.97 Å². The van der Waals surface area contributed by atoms with Crippen LogP contribution in [0.1, 0.15) is 17.2 Å². The van der Waals surface area contributed by atoms with Gasteiger partial charge in [0.2, 0.25) is 0 Å². The van der Waals surface area contributed by atoms with Crippen molar-refractivity contribution in [3.8, 4) is 5.75 Å². The van der Waals surface area contributed by atoms with E-state index in [4.69, 9.17) is 4.74 Å². The van der Waals surface area contributed by atoms with E-state index in [1.165, 1.54) is 11.1 Å². The molecule has 0 bridgehead atoms. The van der Waals surface area contributed by atoms with Gasteiger partial charge < -0.3 is 10.1 Å². The Morgan fingerprint density at radius 3 is 3.15 bits per heavy atom. The van der Waals surface area contributed by atoms with Gasteiger partial charge in [-0.15, -0.1) is 11.3 Å². The highest BCUT2D eigenvalue weighted by atomic mass is 32.1. The van der Waals surface area contributed by atoms with E-state index < -0.39 is 0 Å². The largest absolute Gasteiger partial charge is 0.491 e. The number of fused-ring (bicyclic) bond motifs is 2. The van der Waals surface area contributed by atoms with Gasteiger partial charge in [0, 0.05) is 5.56 Å². The highest BCUT2D eigenvalue weighted by Crippen LogP contribution is 2.36. The Morgan fingerprint density at radius 2 is 2.20 bits per heavy atom. The molecule has 0 amide bonds. The van der Waals surface area contributed by atoms with Crippen LogP contribution in [0.2, 0.25) is 0 Å². The maximum Gasteiger partial charge on any atom is 0.148 e. The molecule has 3 aromatic rings. The number of thiophene rings is 1. The minimum absolute atomic E-state index is 0.145. The standard InChI is InChI=1S/C15H13N3OS/c1-9-7-20-14-13(9)16-8-17-15(14)18-11-6-19-12-5-3-2-4-10(11)12/h2-5,7-8,11H,6H2,1H3,(H,16,17,18). The molecular weight excluding hydrogens is 270 g/mol. The number of nitrogens with one attached hydrogen (secondary N) is 1. The van der Waals surface area contributed by atoms with E-state index in [0.29, 0.717) is 6.61 Å². The van der Waals surface area contributed by atoms with E-state index in [1.807, 2.05) is 18.2 Å². The number of nitrogens with zero attached hydrogens (tertiary/aromatic N) is 2. The summed E-state index contributed by atoms with van der Waals surface area (Å²) in [6.07, 6.45) is 1.62. The van der Waals surface area contributed by atoms with Gasteiger partial charge in [-0.1, -0.05) is 18.2 Å². The first kappa shape index (κ1) is 11.7. The molecule has 1 aliphatic heterocycles. The maximum atomic E-state index is 5.70. The number of para-hydroxylation sites is 1. The molecule has 1 N–H and O–H groups in total. The average Bonchev–Trinajstić information content (AvgIpc) is 3.05. The van der Waals surface area contributed by atoms with Crippen LogP contribution in [0.25, 0.3) is 10.2 Å². The quantitative estimate of drug-likeness (QED) is 0.781. The number of hydrogen-bond acceptors (Lipinski definition) is 5.